The Balaban J connectivity index is 2.19. The summed E-state index contributed by atoms with van der Waals surface area (Å²) in [5.41, 5.74) is 5.26. The van der Waals surface area contributed by atoms with Crippen molar-refractivity contribution in [2.75, 3.05) is 0 Å². The summed E-state index contributed by atoms with van der Waals surface area (Å²) in [6.45, 7) is 4.24. The van der Waals surface area contributed by atoms with Gasteiger partial charge in [0.2, 0.25) is 0 Å². The van der Waals surface area contributed by atoms with E-state index in [1.54, 1.807) is 0 Å². The molecule has 0 aromatic heterocycles. The van der Waals surface area contributed by atoms with Crippen LogP contribution in [0.15, 0.2) is 46.9 Å². The molecule has 94 valence electrons. The van der Waals surface area contributed by atoms with Gasteiger partial charge in [-0.05, 0) is 37.0 Å². The monoisotopic (exact) mass is 366 g/mol. The van der Waals surface area contributed by atoms with Gasteiger partial charge in [-0.2, -0.15) is 0 Å². The third kappa shape index (κ3) is 3.24. The quantitative estimate of drug-likeness (QED) is 0.606. The van der Waals surface area contributed by atoms with E-state index in [1.165, 1.54) is 26.7 Å². The first kappa shape index (κ1) is 13.8. The Labute approximate surface area is 126 Å². The van der Waals surface area contributed by atoms with Crippen LogP contribution in [0.5, 0.6) is 0 Å². The molecule has 0 bridgehead atoms. The van der Waals surface area contributed by atoms with Crippen molar-refractivity contribution >= 4 is 31.9 Å². The van der Waals surface area contributed by atoms with E-state index >= 15 is 0 Å². The highest BCUT2D eigenvalue weighted by molar-refractivity contribution is 9.11. The summed E-state index contributed by atoms with van der Waals surface area (Å²) >= 11 is 7.47. The molecule has 0 aliphatic rings. The van der Waals surface area contributed by atoms with E-state index in [1.807, 2.05) is 0 Å². The molecule has 1 atom stereocenters. The Bertz CT molecular complexity index is 529. The van der Waals surface area contributed by atoms with Crippen LogP contribution in [-0.4, -0.2) is 0 Å². The van der Waals surface area contributed by atoms with Crippen molar-refractivity contribution in [1.82, 2.24) is 0 Å². The van der Waals surface area contributed by atoms with Crippen molar-refractivity contribution in [2.24, 2.45) is 0 Å². The molecular weight excluding hydrogens is 352 g/mol. The van der Waals surface area contributed by atoms with Gasteiger partial charge in [-0.1, -0.05) is 79.9 Å². The second-order valence-electron chi connectivity index (χ2n) is 4.64. The van der Waals surface area contributed by atoms with Gasteiger partial charge >= 0.3 is 0 Å². The fraction of sp³-hybridized carbons (Fsp3) is 0.250. The lowest BCUT2D eigenvalue weighted by molar-refractivity contribution is 0.940. The van der Waals surface area contributed by atoms with E-state index in [0.717, 1.165) is 6.42 Å². The molecule has 2 aromatic carbocycles. The number of alkyl halides is 1. The summed E-state index contributed by atoms with van der Waals surface area (Å²) < 4.78 is 1.21. The van der Waals surface area contributed by atoms with E-state index < -0.39 is 0 Å². The second-order valence-corrected chi connectivity index (χ2v) is 6.53. The van der Waals surface area contributed by atoms with Crippen LogP contribution in [0, 0.1) is 13.8 Å². The van der Waals surface area contributed by atoms with E-state index in [0.29, 0.717) is 4.83 Å². The highest BCUT2D eigenvalue weighted by atomic mass is 79.9. The van der Waals surface area contributed by atoms with Crippen molar-refractivity contribution in [3.05, 3.63) is 69.2 Å². The molecule has 0 saturated heterocycles. The predicted molar refractivity (Wildman–Crippen MR) is 85.4 cm³/mol. The molecule has 0 N–H and O–H groups in total. The summed E-state index contributed by atoms with van der Waals surface area (Å²) in [7, 11) is 0. The number of halogens is 2. The molecule has 2 heteroatoms. The number of hydrogen-bond acceptors (Lipinski definition) is 0. The Morgan fingerprint density at radius 2 is 1.67 bits per heavy atom. The summed E-state index contributed by atoms with van der Waals surface area (Å²) in [5, 5.41) is 0. The minimum Gasteiger partial charge on any atom is -0.0835 e. The molecule has 0 aliphatic carbocycles. The minimum absolute atomic E-state index is 0.342. The van der Waals surface area contributed by atoms with E-state index in [4.69, 9.17) is 0 Å². The Hall–Kier alpha value is -0.600. The maximum absolute atomic E-state index is 3.80. The first-order valence-corrected chi connectivity index (χ1v) is 7.73. The van der Waals surface area contributed by atoms with Crippen molar-refractivity contribution in [3.63, 3.8) is 0 Å². The molecule has 0 spiro atoms. The normalized spacial score (nSPS) is 12.4. The van der Waals surface area contributed by atoms with E-state index in [2.05, 4.69) is 88.2 Å². The average molecular weight is 368 g/mol. The molecular formula is C16H16Br2. The molecule has 0 fully saturated rings. The zero-order valence-corrected chi connectivity index (χ0v) is 13.8. The lowest BCUT2D eigenvalue weighted by Crippen LogP contribution is -1.97. The second kappa shape index (κ2) is 6.03. The van der Waals surface area contributed by atoms with Crippen molar-refractivity contribution in [2.45, 2.75) is 25.1 Å². The number of benzene rings is 2. The zero-order valence-electron chi connectivity index (χ0n) is 10.6. The fourth-order valence-corrected chi connectivity index (χ4v) is 3.56. The first-order valence-electron chi connectivity index (χ1n) is 6.02. The van der Waals surface area contributed by atoms with Gasteiger partial charge < -0.3 is 0 Å². The lowest BCUT2D eigenvalue weighted by atomic mass is 10.0. The third-order valence-corrected chi connectivity index (χ3v) is 4.99. The maximum Gasteiger partial charge on any atom is 0.0446 e. The van der Waals surface area contributed by atoms with Crippen LogP contribution in [0.2, 0.25) is 0 Å². The molecule has 0 heterocycles. The van der Waals surface area contributed by atoms with E-state index in [-0.39, 0.29) is 0 Å². The SMILES string of the molecule is Cc1ccc(CC(Br)c2cccc(C)c2Br)cc1. The molecule has 0 nitrogen and oxygen atoms in total. The van der Waals surface area contributed by atoms with E-state index in [9.17, 15) is 0 Å². The van der Waals surface area contributed by atoms with Crippen LogP contribution in [0.25, 0.3) is 0 Å². The Kier molecular flexibility index (Phi) is 4.63. The van der Waals surface area contributed by atoms with Gasteiger partial charge in [0.15, 0.2) is 0 Å². The smallest absolute Gasteiger partial charge is 0.0446 e. The van der Waals surface area contributed by atoms with Crippen LogP contribution in [0.4, 0.5) is 0 Å². The van der Waals surface area contributed by atoms with Crippen LogP contribution in [0.3, 0.4) is 0 Å². The van der Waals surface area contributed by atoms with Crippen LogP contribution in [0.1, 0.15) is 27.1 Å². The molecule has 2 aromatic rings. The number of rotatable bonds is 3. The van der Waals surface area contributed by atoms with Gasteiger partial charge in [0.05, 0.1) is 0 Å². The Morgan fingerprint density at radius 1 is 1.00 bits per heavy atom. The minimum atomic E-state index is 0.342. The number of hydrogen-bond donors (Lipinski definition) is 0. The van der Waals surface area contributed by atoms with Gasteiger partial charge in [0.25, 0.3) is 0 Å². The van der Waals surface area contributed by atoms with Crippen molar-refractivity contribution < 1.29 is 0 Å². The maximum atomic E-state index is 3.80. The molecule has 0 saturated carbocycles. The molecule has 18 heavy (non-hydrogen) atoms. The average Bonchev–Trinajstić information content (AvgIpc) is 2.35. The standard InChI is InChI=1S/C16H16Br2/c1-11-6-8-13(9-7-11)10-15(17)14-5-3-4-12(2)16(14)18/h3-9,15H,10H2,1-2H3. The highest BCUT2D eigenvalue weighted by Crippen LogP contribution is 2.34. The summed E-state index contributed by atoms with van der Waals surface area (Å²) in [4.78, 5) is 0.342. The molecule has 0 amide bonds. The predicted octanol–water partition coefficient (Wildman–Crippen LogP) is 5.74. The van der Waals surface area contributed by atoms with Crippen molar-refractivity contribution in [1.29, 1.82) is 0 Å². The number of aryl methyl sites for hydroxylation is 2. The molecule has 0 radical (unpaired) electrons. The van der Waals surface area contributed by atoms with Crippen LogP contribution < -0.4 is 0 Å². The van der Waals surface area contributed by atoms with Gasteiger partial charge in [0, 0.05) is 9.30 Å². The molecule has 1 unspecified atom stereocenters. The van der Waals surface area contributed by atoms with Crippen LogP contribution in [-0.2, 0) is 6.42 Å². The summed E-state index contributed by atoms with van der Waals surface area (Å²) in [5.74, 6) is 0. The largest absolute Gasteiger partial charge is 0.0835 e. The first-order chi connectivity index (χ1) is 8.58. The molecule has 2 rings (SSSR count). The summed E-state index contributed by atoms with van der Waals surface area (Å²) in [6, 6.07) is 15.1. The van der Waals surface area contributed by atoms with Gasteiger partial charge in [-0.3, -0.25) is 0 Å². The van der Waals surface area contributed by atoms with Crippen molar-refractivity contribution in [3.8, 4) is 0 Å². The zero-order chi connectivity index (χ0) is 13.1. The highest BCUT2D eigenvalue weighted by Gasteiger charge is 2.12. The molecule has 0 aliphatic heterocycles. The van der Waals surface area contributed by atoms with Gasteiger partial charge in [-0.25, -0.2) is 0 Å². The van der Waals surface area contributed by atoms with Gasteiger partial charge in [0.1, 0.15) is 0 Å². The fourth-order valence-electron chi connectivity index (χ4n) is 1.95. The van der Waals surface area contributed by atoms with Gasteiger partial charge in [-0.15, -0.1) is 0 Å². The lowest BCUT2D eigenvalue weighted by Gasteiger charge is -2.14. The Morgan fingerprint density at radius 3 is 2.33 bits per heavy atom. The summed E-state index contributed by atoms with van der Waals surface area (Å²) in [6.07, 6.45) is 1.00. The van der Waals surface area contributed by atoms with Crippen LogP contribution >= 0.6 is 31.9 Å². The third-order valence-electron chi connectivity index (χ3n) is 3.09. The topological polar surface area (TPSA) is 0 Å².